The molecule has 3 rings (SSSR count). The molecule has 0 N–H and O–H groups in total. The van der Waals surface area contributed by atoms with E-state index in [-0.39, 0.29) is 0 Å². The lowest BCUT2D eigenvalue weighted by Gasteiger charge is -2.32. The average molecular weight is 348 g/mol. The first-order chi connectivity index (χ1) is 9.24. The van der Waals surface area contributed by atoms with Gasteiger partial charge in [0.1, 0.15) is 5.82 Å². The first kappa shape index (κ1) is 13.5. The van der Waals surface area contributed by atoms with Gasteiger partial charge in [0.05, 0.1) is 17.7 Å². The Bertz CT molecular complexity index is 455. The molecule has 2 aliphatic heterocycles. The van der Waals surface area contributed by atoms with Crippen LogP contribution in [0.5, 0.6) is 0 Å². The number of ether oxygens (including phenoxy) is 1. The van der Waals surface area contributed by atoms with E-state index in [1.165, 1.54) is 0 Å². The maximum Gasteiger partial charge on any atom is 0.224 e. The largest absolute Gasteiger partial charge is 0.379 e. The standard InChI is InChI=1S/C12H16BrClN4O/c13-10-7-15-12(14)16-11(10)18-2-1-9(8-18)17-3-5-19-6-4-17/h7,9H,1-6,8H2. The fourth-order valence-electron chi connectivity index (χ4n) is 2.73. The van der Waals surface area contributed by atoms with E-state index >= 15 is 0 Å². The minimum Gasteiger partial charge on any atom is -0.379 e. The number of hydrogen-bond donors (Lipinski definition) is 0. The molecule has 104 valence electrons. The molecular weight excluding hydrogens is 332 g/mol. The van der Waals surface area contributed by atoms with Crippen LogP contribution in [-0.4, -0.2) is 60.3 Å². The molecule has 1 aromatic rings. The van der Waals surface area contributed by atoms with Crippen LogP contribution in [0.4, 0.5) is 5.82 Å². The van der Waals surface area contributed by atoms with Crippen molar-refractivity contribution in [2.24, 2.45) is 0 Å². The summed E-state index contributed by atoms with van der Waals surface area (Å²) < 4.78 is 6.31. The Morgan fingerprint density at radius 3 is 2.89 bits per heavy atom. The third-order valence-electron chi connectivity index (χ3n) is 3.72. The van der Waals surface area contributed by atoms with Gasteiger partial charge in [-0.2, -0.15) is 4.98 Å². The number of anilines is 1. The lowest BCUT2D eigenvalue weighted by atomic mass is 10.2. The normalized spacial score (nSPS) is 24.9. The van der Waals surface area contributed by atoms with Gasteiger partial charge in [-0.25, -0.2) is 4.98 Å². The minimum atomic E-state index is 0.299. The van der Waals surface area contributed by atoms with Crippen LogP contribution >= 0.6 is 27.5 Å². The van der Waals surface area contributed by atoms with Crippen LogP contribution < -0.4 is 4.90 Å². The first-order valence-electron chi connectivity index (χ1n) is 6.49. The van der Waals surface area contributed by atoms with E-state index in [2.05, 4.69) is 35.7 Å². The van der Waals surface area contributed by atoms with Crippen molar-refractivity contribution in [2.75, 3.05) is 44.3 Å². The second-order valence-electron chi connectivity index (χ2n) is 4.85. The van der Waals surface area contributed by atoms with E-state index in [1.54, 1.807) is 6.20 Å². The van der Waals surface area contributed by atoms with Gasteiger partial charge in [-0.15, -0.1) is 0 Å². The van der Waals surface area contributed by atoms with Crippen LogP contribution in [0.2, 0.25) is 5.28 Å². The van der Waals surface area contributed by atoms with E-state index in [4.69, 9.17) is 16.3 Å². The Kier molecular flexibility index (Phi) is 4.21. The summed E-state index contributed by atoms with van der Waals surface area (Å²) in [5.74, 6) is 0.899. The van der Waals surface area contributed by atoms with E-state index in [0.717, 1.165) is 56.1 Å². The molecule has 2 aliphatic rings. The lowest BCUT2D eigenvalue weighted by Crippen LogP contribution is -2.44. The van der Waals surface area contributed by atoms with Gasteiger partial charge >= 0.3 is 0 Å². The summed E-state index contributed by atoms with van der Waals surface area (Å²) in [6.45, 7) is 5.76. The summed E-state index contributed by atoms with van der Waals surface area (Å²) in [6.07, 6.45) is 2.88. The molecule has 1 atom stereocenters. The van der Waals surface area contributed by atoms with Crippen molar-refractivity contribution in [2.45, 2.75) is 12.5 Å². The predicted octanol–water partition coefficient (Wildman–Crippen LogP) is 1.80. The highest BCUT2D eigenvalue weighted by molar-refractivity contribution is 9.10. The maximum absolute atomic E-state index is 5.88. The van der Waals surface area contributed by atoms with Crippen molar-refractivity contribution in [3.8, 4) is 0 Å². The van der Waals surface area contributed by atoms with E-state index < -0.39 is 0 Å². The summed E-state index contributed by atoms with van der Waals surface area (Å²) in [6, 6.07) is 0.588. The molecule has 1 unspecified atom stereocenters. The second-order valence-corrected chi connectivity index (χ2v) is 6.04. The molecule has 0 aromatic carbocycles. The molecule has 0 bridgehead atoms. The van der Waals surface area contributed by atoms with E-state index in [0.29, 0.717) is 11.3 Å². The van der Waals surface area contributed by atoms with Crippen LogP contribution in [-0.2, 0) is 4.74 Å². The Labute approximate surface area is 126 Å². The quantitative estimate of drug-likeness (QED) is 0.763. The Hall–Kier alpha value is -0.430. The molecule has 0 aliphatic carbocycles. The average Bonchev–Trinajstić information content (AvgIpc) is 2.92. The SMILES string of the molecule is Clc1ncc(Br)c(N2CCC(N3CCOCC3)C2)n1. The Morgan fingerprint density at radius 2 is 2.11 bits per heavy atom. The third-order valence-corrected chi connectivity index (χ3v) is 4.46. The van der Waals surface area contributed by atoms with Crippen LogP contribution in [0.1, 0.15) is 6.42 Å². The van der Waals surface area contributed by atoms with Crippen molar-refractivity contribution < 1.29 is 4.74 Å². The Balaban J connectivity index is 1.69. The van der Waals surface area contributed by atoms with Crippen molar-refractivity contribution in [1.29, 1.82) is 0 Å². The first-order valence-corrected chi connectivity index (χ1v) is 7.66. The lowest BCUT2D eigenvalue weighted by molar-refractivity contribution is 0.0209. The predicted molar refractivity (Wildman–Crippen MR) is 77.8 cm³/mol. The van der Waals surface area contributed by atoms with Gasteiger partial charge in [-0.3, -0.25) is 4.90 Å². The molecule has 0 radical (unpaired) electrons. The zero-order chi connectivity index (χ0) is 13.2. The van der Waals surface area contributed by atoms with Gasteiger partial charge in [0.25, 0.3) is 0 Å². The number of morpholine rings is 1. The highest BCUT2D eigenvalue weighted by atomic mass is 79.9. The monoisotopic (exact) mass is 346 g/mol. The van der Waals surface area contributed by atoms with Crippen molar-refractivity contribution >= 4 is 33.3 Å². The van der Waals surface area contributed by atoms with Gasteiger partial charge < -0.3 is 9.64 Å². The highest BCUT2D eigenvalue weighted by Gasteiger charge is 2.30. The highest BCUT2D eigenvalue weighted by Crippen LogP contribution is 2.28. The molecule has 2 saturated heterocycles. The van der Waals surface area contributed by atoms with E-state index in [9.17, 15) is 0 Å². The zero-order valence-corrected chi connectivity index (χ0v) is 12.9. The maximum atomic E-state index is 5.88. The third kappa shape index (κ3) is 3.02. The Morgan fingerprint density at radius 1 is 1.32 bits per heavy atom. The molecular formula is C12H16BrClN4O. The number of aromatic nitrogens is 2. The van der Waals surface area contributed by atoms with Gasteiger partial charge in [0.2, 0.25) is 5.28 Å². The number of halogens is 2. The molecule has 7 heteroatoms. The van der Waals surface area contributed by atoms with Crippen LogP contribution in [0, 0.1) is 0 Å². The number of hydrogen-bond acceptors (Lipinski definition) is 5. The summed E-state index contributed by atoms with van der Waals surface area (Å²) in [4.78, 5) is 13.1. The molecule has 0 spiro atoms. The molecule has 5 nitrogen and oxygen atoms in total. The van der Waals surface area contributed by atoms with E-state index in [1.807, 2.05) is 0 Å². The van der Waals surface area contributed by atoms with Gasteiger partial charge in [-0.1, -0.05) is 0 Å². The number of nitrogens with zero attached hydrogens (tertiary/aromatic N) is 4. The smallest absolute Gasteiger partial charge is 0.224 e. The topological polar surface area (TPSA) is 41.5 Å². The molecule has 3 heterocycles. The molecule has 1 aromatic heterocycles. The molecule has 2 fully saturated rings. The molecule has 19 heavy (non-hydrogen) atoms. The molecule has 0 saturated carbocycles. The second kappa shape index (κ2) is 5.91. The van der Waals surface area contributed by atoms with Crippen molar-refractivity contribution in [3.05, 3.63) is 16.0 Å². The summed E-state index contributed by atoms with van der Waals surface area (Å²) in [7, 11) is 0. The summed E-state index contributed by atoms with van der Waals surface area (Å²) in [5.41, 5.74) is 0. The van der Waals surface area contributed by atoms with Crippen LogP contribution in [0.15, 0.2) is 10.7 Å². The van der Waals surface area contributed by atoms with Crippen LogP contribution in [0.25, 0.3) is 0 Å². The van der Waals surface area contributed by atoms with Gasteiger partial charge in [-0.05, 0) is 34.0 Å². The minimum absolute atomic E-state index is 0.299. The van der Waals surface area contributed by atoms with Crippen LogP contribution in [0.3, 0.4) is 0 Å². The molecule has 0 amide bonds. The van der Waals surface area contributed by atoms with Crippen molar-refractivity contribution in [3.63, 3.8) is 0 Å². The van der Waals surface area contributed by atoms with Crippen molar-refractivity contribution in [1.82, 2.24) is 14.9 Å². The van der Waals surface area contributed by atoms with Gasteiger partial charge in [0.15, 0.2) is 0 Å². The fourth-order valence-corrected chi connectivity index (χ4v) is 3.30. The zero-order valence-electron chi connectivity index (χ0n) is 10.6. The summed E-state index contributed by atoms with van der Waals surface area (Å²) in [5, 5.41) is 0.299. The summed E-state index contributed by atoms with van der Waals surface area (Å²) >= 11 is 9.38. The van der Waals surface area contributed by atoms with Gasteiger partial charge in [0, 0.05) is 38.4 Å². The number of rotatable bonds is 2. The fraction of sp³-hybridized carbons (Fsp3) is 0.667.